The van der Waals surface area contributed by atoms with E-state index >= 15 is 0 Å². The fourth-order valence-electron chi connectivity index (χ4n) is 2.11. The van der Waals surface area contributed by atoms with E-state index in [4.69, 9.17) is 0 Å². The summed E-state index contributed by atoms with van der Waals surface area (Å²) in [6.07, 6.45) is 3.05. The number of nitrogens with one attached hydrogen (secondary N) is 1. The van der Waals surface area contributed by atoms with Gasteiger partial charge in [-0.05, 0) is 37.0 Å². The van der Waals surface area contributed by atoms with Crippen molar-refractivity contribution in [3.05, 3.63) is 29.8 Å². The molecule has 94 valence electrons. The number of nitrogens with zero attached hydrogens (tertiary/aromatic N) is 1. The van der Waals surface area contributed by atoms with Crippen molar-refractivity contribution in [2.75, 3.05) is 25.5 Å². The Morgan fingerprint density at radius 3 is 2.35 bits per heavy atom. The summed E-state index contributed by atoms with van der Waals surface area (Å²) in [5.74, 6) is 0. The van der Waals surface area contributed by atoms with Crippen LogP contribution < -0.4 is 10.2 Å². The van der Waals surface area contributed by atoms with Gasteiger partial charge in [0.25, 0.3) is 0 Å². The largest absolute Gasteiger partial charge is 0.389 e. The molecule has 1 saturated carbocycles. The Morgan fingerprint density at radius 2 is 1.88 bits per heavy atom. The Bertz CT molecular complexity index is 355. The van der Waals surface area contributed by atoms with Gasteiger partial charge in [-0.15, -0.1) is 0 Å². The molecule has 0 unspecified atom stereocenters. The van der Waals surface area contributed by atoms with Gasteiger partial charge in [0, 0.05) is 32.9 Å². The summed E-state index contributed by atoms with van der Waals surface area (Å²) in [5.41, 5.74) is 2.05. The minimum atomic E-state index is -0.427. The maximum absolute atomic E-state index is 9.94. The number of anilines is 1. The van der Waals surface area contributed by atoms with E-state index in [0.29, 0.717) is 6.54 Å². The van der Waals surface area contributed by atoms with Crippen molar-refractivity contribution in [2.24, 2.45) is 0 Å². The van der Waals surface area contributed by atoms with Crippen LogP contribution in [0.4, 0.5) is 5.69 Å². The monoisotopic (exact) mass is 234 g/mol. The molecular weight excluding hydrogens is 212 g/mol. The first-order chi connectivity index (χ1) is 8.09. The number of hydrogen-bond donors (Lipinski definition) is 2. The molecule has 0 heterocycles. The minimum Gasteiger partial charge on any atom is -0.389 e. The van der Waals surface area contributed by atoms with Crippen LogP contribution in [-0.4, -0.2) is 31.3 Å². The van der Waals surface area contributed by atoms with E-state index < -0.39 is 5.60 Å². The second-order valence-corrected chi connectivity index (χ2v) is 5.24. The number of hydrogen-bond acceptors (Lipinski definition) is 3. The van der Waals surface area contributed by atoms with Gasteiger partial charge in [-0.1, -0.05) is 12.1 Å². The van der Waals surface area contributed by atoms with Gasteiger partial charge in [0.05, 0.1) is 5.60 Å². The molecule has 1 aliphatic rings. The normalized spacial score (nSPS) is 17.6. The summed E-state index contributed by atoms with van der Waals surface area (Å²) in [5, 5.41) is 13.3. The van der Waals surface area contributed by atoms with Crippen molar-refractivity contribution >= 4 is 5.69 Å². The van der Waals surface area contributed by atoms with Crippen LogP contribution in [0.15, 0.2) is 24.3 Å². The first-order valence-corrected chi connectivity index (χ1v) is 6.28. The van der Waals surface area contributed by atoms with Crippen LogP contribution in [0, 0.1) is 0 Å². The summed E-state index contributed by atoms with van der Waals surface area (Å²) in [6, 6.07) is 8.50. The maximum Gasteiger partial charge on any atom is 0.0771 e. The van der Waals surface area contributed by atoms with Gasteiger partial charge in [-0.3, -0.25) is 0 Å². The second kappa shape index (κ2) is 5.07. The Balaban J connectivity index is 1.79. The number of aliphatic hydroxyl groups is 1. The minimum absolute atomic E-state index is 0.427. The molecular formula is C14H22N2O. The summed E-state index contributed by atoms with van der Waals surface area (Å²) < 4.78 is 0. The maximum atomic E-state index is 9.94. The van der Waals surface area contributed by atoms with Crippen LogP contribution in [0.1, 0.15) is 24.8 Å². The third-order valence-electron chi connectivity index (χ3n) is 3.52. The SMILES string of the molecule is CN(C)c1ccc(CNCC2(O)CCC2)cc1. The molecule has 1 aromatic carbocycles. The van der Waals surface area contributed by atoms with E-state index in [-0.39, 0.29) is 0 Å². The predicted molar refractivity (Wildman–Crippen MR) is 71.3 cm³/mol. The van der Waals surface area contributed by atoms with Gasteiger partial charge in [0.15, 0.2) is 0 Å². The first kappa shape index (κ1) is 12.4. The molecule has 1 aromatic rings. The van der Waals surface area contributed by atoms with Crippen LogP contribution in [0.2, 0.25) is 0 Å². The van der Waals surface area contributed by atoms with E-state index in [1.54, 1.807) is 0 Å². The smallest absolute Gasteiger partial charge is 0.0771 e. The molecule has 2 N–H and O–H groups in total. The topological polar surface area (TPSA) is 35.5 Å². The van der Waals surface area contributed by atoms with Crippen LogP contribution >= 0.6 is 0 Å². The molecule has 0 spiro atoms. The van der Waals surface area contributed by atoms with Crippen LogP contribution in [-0.2, 0) is 6.54 Å². The highest BCUT2D eigenvalue weighted by molar-refractivity contribution is 5.45. The number of benzene rings is 1. The van der Waals surface area contributed by atoms with Gasteiger partial charge in [-0.25, -0.2) is 0 Å². The highest BCUT2D eigenvalue weighted by atomic mass is 16.3. The summed E-state index contributed by atoms with van der Waals surface area (Å²) in [7, 11) is 4.08. The van der Waals surface area contributed by atoms with Gasteiger partial charge in [0.2, 0.25) is 0 Å². The van der Waals surface area contributed by atoms with E-state index in [1.807, 2.05) is 14.1 Å². The zero-order chi connectivity index (χ0) is 12.3. The van der Waals surface area contributed by atoms with Gasteiger partial charge >= 0.3 is 0 Å². The molecule has 1 aliphatic carbocycles. The molecule has 0 saturated heterocycles. The standard InChI is InChI=1S/C14H22N2O/c1-16(2)13-6-4-12(5-7-13)10-15-11-14(17)8-3-9-14/h4-7,15,17H,3,8-11H2,1-2H3. The van der Waals surface area contributed by atoms with Crippen molar-refractivity contribution in [3.8, 4) is 0 Å². The lowest BCUT2D eigenvalue weighted by Gasteiger charge is -2.36. The van der Waals surface area contributed by atoms with Crippen molar-refractivity contribution in [3.63, 3.8) is 0 Å². The zero-order valence-electron chi connectivity index (χ0n) is 10.7. The van der Waals surface area contributed by atoms with Crippen molar-refractivity contribution in [2.45, 2.75) is 31.4 Å². The lowest BCUT2D eigenvalue weighted by molar-refractivity contribution is -0.0314. The van der Waals surface area contributed by atoms with E-state index in [2.05, 4.69) is 34.5 Å². The Kier molecular flexibility index (Phi) is 3.69. The summed E-state index contributed by atoms with van der Waals surface area (Å²) in [6.45, 7) is 1.54. The van der Waals surface area contributed by atoms with E-state index in [9.17, 15) is 5.11 Å². The van der Waals surface area contributed by atoms with Gasteiger partial charge in [-0.2, -0.15) is 0 Å². The quantitative estimate of drug-likeness (QED) is 0.815. The molecule has 0 bridgehead atoms. The molecule has 17 heavy (non-hydrogen) atoms. The van der Waals surface area contributed by atoms with Crippen molar-refractivity contribution in [1.82, 2.24) is 5.32 Å². The van der Waals surface area contributed by atoms with E-state index in [1.165, 1.54) is 11.3 Å². The molecule has 3 nitrogen and oxygen atoms in total. The third kappa shape index (κ3) is 3.20. The van der Waals surface area contributed by atoms with Crippen molar-refractivity contribution < 1.29 is 5.11 Å². The molecule has 1 fully saturated rings. The van der Waals surface area contributed by atoms with Crippen molar-refractivity contribution in [1.29, 1.82) is 0 Å². The number of rotatable bonds is 5. The van der Waals surface area contributed by atoms with Gasteiger partial charge in [0.1, 0.15) is 0 Å². The van der Waals surface area contributed by atoms with Crippen LogP contribution in [0.25, 0.3) is 0 Å². The lowest BCUT2D eigenvalue weighted by Crippen LogP contribution is -2.45. The Labute approximate surface area is 103 Å². The van der Waals surface area contributed by atoms with Crippen LogP contribution in [0.5, 0.6) is 0 Å². The molecule has 3 heteroatoms. The molecule has 0 amide bonds. The summed E-state index contributed by atoms with van der Waals surface area (Å²) in [4.78, 5) is 2.09. The van der Waals surface area contributed by atoms with E-state index in [0.717, 1.165) is 25.8 Å². The lowest BCUT2D eigenvalue weighted by atomic mass is 9.80. The predicted octanol–water partition coefficient (Wildman–Crippen LogP) is 1.76. The highest BCUT2D eigenvalue weighted by Gasteiger charge is 2.33. The molecule has 0 aliphatic heterocycles. The zero-order valence-corrected chi connectivity index (χ0v) is 10.7. The fraction of sp³-hybridized carbons (Fsp3) is 0.571. The molecule has 0 atom stereocenters. The molecule has 0 radical (unpaired) electrons. The third-order valence-corrected chi connectivity index (χ3v) is 3.52. The fourth-order valence-corrected chi connectivity index (χ4v) is 2.11. The highest BCUT2D eigenvalue weighted by Crippen LogP contribution is 2.30. The van der Waals surface area contributed by atoms with Gasteiger partial charge < -0.3 is 15.3 Å². The molecule has 0 aromatic heterocycles. The Morgan fingerprint density at radius 1 is 1.24 bits per heavy atom. The van der Waals surface area contributed by atoms with Crippen LogP contribution in [0.3, 0.4) is 0 Å². The second-order valence-electron chi connectivity index (χ2n) is 5.24. The molecule has 2 rings (SSSR count). The Hall–Kier alpha value is -1.06. The average molecular weight is 234 g/mol. The average Bonchev–Trinajstić information content (AvgIpc) is 2.27. The first-order valence-electron chi connectivity index (χ1n) is 6.28. The summed E-state index contributed by atoms with van der Waals surface area (Å²) >= 11 is 0.